The van der Waals surface area contributed by atoms with Gasteiger partial charge in [0.15, 0.2) is 5.78 Å². The molecule has 4 heterocycles. The first-order valence-corrected chi connectivity index (χ1v) is 35.9. The zero-order chi connectivity index (χ0) is 72.1. The number of ketones is 3. The number of methoxy groups -OCH3 is 3. The number of nitrogens with one attached hydrogen (secondary N) is 1. The van der Waals surface area contributed by atoms with Gasteiger partial charge in [-0.2, -0.15) is 0 Å². The number of piperidine rings is 1. The highest BCUT2D eigenvalue weighted by Gasteiger charge is 2.53. The molecule has 1 aromatic heterocycles. The van der Waals surface area contributed by atoms with Gasteiger partial charge in [-0.05, 0) is 114 Å². The third kappa shape index (κ3) is 29.3. The molecule has 0 aromatic carbocycles. The summed E-state index contributed by atoms with van der Waals surface area (Å²) in [4.78, 5) is 84.6. The summed E-state index contributed by atoms with van der Waals surface area (Å²) in [7, 11) is 4.61. The van der Waals surface area contributed by atoms with E-state index in [9.17, 15) is 39.0 Å². The summed E-state index contributed by atoms with van der Waals surface area (Å²) in [6.07, 6.45) is 13.7. The zero-order valence-corrected chi connectivity index (χ0v) is 61.0. The molecule has 1 aliphatic carbocycles. The second-order valence-electron chi connectivity index (χ2n) is 26.8. The minimum atomic E-state index is -2.46. The van der Waals surface area contributed by atoms with Gasteiger partial charge in [-0.15, -0.1) is 5.10 Å². The van der Waals surface area contributed by atoms with Gasteiger partial charge in [0.2, 0.25) is 11.7 Å². The number of nitrogens with zero attached hydrogens (tertiary/aromatic N) is 4. The number of aliphatic hydroxyl groups excluding tert-OH is 1. The molecule has 0 unspecified atom stereocenters. The van der Waals surface area contributed by atoms with Crippen LogP contribution in [0.4, 0.5) is 0 Å². The van der Waals surface area contributed by atoms with E-state index in [1.54, 1.807) is 45.7 Å². The van der Waals surface area contributed by atoms with Crippen molar-refractivity contribution in [3.8, 4) is 0 Å². The molecular formula is C73H119N5O21. The molecule has 3 aliphatic heterocycles. The molecule has 2 saturated heterocycles. The number of rotatable bonds is 34. The van der Waals surface area contributed by atoms with Crippen molar-refractivity contribution in [3.63, 3.8) is 0 Å². The van der Waals surface area contributed by atoms with Gasteiger partial charge in [-0.25, -0.2) is 9.48 Å². The summed E-state index contributed by atoms with van der Waals surface area (Å²) < 4.78 is 77.3. The summed E-state index contributed by atoms with van der Waals surface area (Å²) in [5.41, 5.74) is 1.91. The quantitative estimate of drug-likeness (QED) is 0.0282. The first-order valence-electron chi connectivity index (χ1n) is 35.9. The van der Waals surface area contributed by atoms with Crippen molar-refractivity contribution in [2.75, 3.05) is 127 Å². The number of cyclic esters (lactones) is 1. The zero-order valence-electron chi connectivity index (χ0n) is 61.0. The smallest absolute Gasteiger partial charge is 0.329 e. The molecule has 0 spiro atoms. The van der Waals surface area contributed by atoms with Gasteiger partial charge in [0.05, 0.1) is 136 Å². The standard InChI is InChI=1S/C73H119N5O21/c1-12-74-66(80)25-28-90-30-32-92-34-36-94-38-39-95-37-35-93-33-31-91-29-27-77-48-58(75-76-77)49-96-40-41-97-62-24-22-57(45-65(62)88-10)44-53(5)64-47-61(79)52(4)43-55(7)68(82)69(89-11)67(81)54(6)42-50(2)18-14-13-15-19-51(3)63(87-9)46-59-23-21-56(8)73(86,99-59)70(83)71(84)78-26-17-16-20-60(78)72(85)98-64/h13-15,18-19,43,48,50,52-54,56-57,59-60,62-65,68-69,82,86H,12,16-17,20-42,44-47,49H2,1-11H3,(H,74,80)/b15-13+,18-14+,51-19+,55-43+/t50-,52-,53-,54-,56-,57+,59+,60+,62-,63+,64+,65-,68-,69+,73-/m1/s1. The van der Waals surface area contributed by atoms with Crippen molar-refractivity contribution in [2.45, 2.75) is 207 Å². The van der Waals surface area contributed by atoms with Gasteiger partial charge in [0.1, 0.15) is 35.8 Å². The number of carbonyl (C=O) groups is 6. The third-order valence-corrected chi connectivity index (χ3v) is 19.0. The lowest BCUT2D eigenvalue weighted by Gasteiger charge is -2.42. The van der Waals surface area contributed by atoms with Crippen molar-refractivity contribution in [3.05, 3.63) is 59.5 Å². The molecular weight excluding hydrogens is 1280 g/mol. The number of allylic oxidation sites excluding steroid dienone is 6. The number of aromatic nitrogens is 3. The number of amides is 2. The topological polar surface area (TPSA) is 309 Å². The van der Waals surface area contributed by atoms with Crippen LogP contribution < -0.4 is 5.32 Å². The van der Waals surface area contributed by atoms with Gasteiger partial charge < -0.3 is 82.0 Å². The van der Waals surface area contributed by atoms with Crippen LogP contribution in [0.5, 0.6) is 0 Å². The Morgan fingerprint density at radius 1 is 0.737 bits per heavy atom. The second-order valence-corrected chi connectivity index (χ2v) is 26.8. The third-order valence-electron chi connectivity index (χ3n) is 19.0. The highest BCUT2D eigenvalue weighted by atomic mass is 16.6. The Hall–Kier alpha value is -5.04. The van der Waals surface area contributed by atoms with Crippen LogP contribution in [0.1, 0.15) is 145 Å². The molecule has 1 saturated carbocycles. The van der Waals surface area contributed by atoms with Gasteiger partial charge in [0, 0.05) is 71.4 Å². The summed E-state index contributed by atoms with van der Waals surface area (Å²) in [5, 5.41) is 34.9. The second kappa shape index (κ2) is 46.5. The Morgan fingerprint density at radius 2 is 1.39 bits per heavy atom. The van der Waals surface area contributed by atoms with Crippen LogP contribution in [0.3, 0.4) is 0 Å². The molecule has 5 rings (SSSR count). The fraction of sp³-hybridized carbons (Fsp3) is 0.781. The normalized spacial score (nSPS) is 30.6. The van der Waals surface area contributed by atoms with E-state index in [0.29, 0.717) is 181 Å². The van der Waals surface area contributed by atoms with Crippen molar-refractivity contribution >= 4 is 35.1 Å². The minimum Gasteiger partial charge on any atom is -0.460 e. The van der Waals surface area contributed by atoms with Gasteiger partial charge in [0.25, 0.3) is 11.7 Å². The molecule has 562 valence electrons. The lowest BCUT2D eigenvalue weighted by atomic mass is 9.78. The van der Waals surface area contributed by atoms with Gasteiger partial charge in [-0.1, -0.05) is 76.3 Å². The van der Waals surface area contributed by atoms with Crippen molar-refractivity contribution < 1.29 is 101 Å². The molecule has 26 heteroatoms. The van der Waals surface area contributed by atoms with Crippen LogP contribution >= 0.6 is 0 Å². The highest BCUT2D eigenvalue weighted by Crippen LogP contribution is 2.38. The average Bonchev–Trinajstić information content (AvgIpc) is 1.01. The van der Waals surface area contributed by atoms with E-state index >= 15 is 0 Å². The van der Waals surface area contributed by atoms with Crippen LogP contribution in [0.15, 0.2) is 53.8 Å². The summed E-state index contributed by atoms with van der Waals surface area (Å²) in [6, 6.07) is -1.18. The van der Waals surface area contributed by atoms with E-state index < -0.39 is 77.8 Å². The number of carbonyl (C=O) groups excluding carboxylic acids is 6. The van der Waals surface area contributed by atoms with Gasteiger partial charge in [-0.3, -0.25) is 24.0 Å². The largest absolute Gasteiger partial charge is 0.460 e. The number of hydrogen-bond donors (Lipinski definition) is 3. The van der Waals surface area contributed by atoms with Crippen LogP contribution in [0.2, 0.25) is 0 Å². The molecule has 3 N–H and O–H groups in total. The molecule has 2 amide bonds. The number of Topliss-reactive ketones (excluding diaryl/α,β-unsaturated/α-hetero) is 3. The van der Waals surface area contributed by atoms with Crippen molar-refractivity contribution in [2.24, 2.45) is 35.5 Å². The molecule has 0 radical (unpaired) electrons. The van der Waals surface area contributed by atoms with E-state index in [1.165, 1.54) is 12.0 Å². The predicted octanol–water partition coefficient (Wildman–Crippen LogP) is 6.64. The molecule has 2 bridgehead atoms. The van der Waals surface area contributed by atoms with Crippen molar-refractivity contribution in [1.29, 1.82) is 0 Å². The van der Waals surface area contributed by atoms with Crippen molar-refractivity contribution in [1.82, 2.24) is 25.2 Å². The van der Waals surface area contributed by atoms with E-state index in [-0.39, 0.29) is 73.4 Å². The Bertz CT molecular complexity index is 2690. The van der Waals surface area contributed by atoms with Crippen LogP contribution in [-0.4, -0.2) is 247 Å². The van der Waals surface area contributed by atoms with E-state index in [0.717, 1.165) is 12.0 Å². The van der Waals surface area contributed by atoms with Crippen LogP contribution in [-0.2, 0) is 103 Å². The number of fused-ring (bicyclic) bond motifs is 3. The highest BCUT2D eigenvalue weighted by molar-refractivity contribution is 6.39. The minimum absolute atomic E-state index is 0.00284. The monoisotopic (exact) mass is 1400 g/mol. The molecule has 1 aromatic rings. The molecule has 26 nitrogen and oxygen atoms in total. The lowest BCUT2D eigenvalue weighted by molar-refractivity contribution is -0.265. The number of ether oxygens (including phenoxy) is 13. The number of hydrogen-bond acceptors (Lipinski definition) is 23. The Morgan fingerprint density at radius 3 is 2.04 bits per heavy atom. The maximum atomic E-state index is 14.7. The van der Waals surface area contributed by atoms with Crippen LogP contribution in [0.25, 0.3) is 0 Å². The Kier molecular flexibility index (Phi) is 39.8. The molecule has 15 atom stereocenters. The summed E-state index contributed by atoms with van der Waals surface area (Å²) in [5.74, 6) is -8.25. The molecule has 3 fully saturated rings. The lowest BCUT2D eigenvalue weighted by Crippen LogP contribution is -2.61. The van der Waals surface area contributed by atoms with E-state index in [4.69, 9.17) is 61.6 Å². The molecule has 4 aliphatic rings. The fourth-order valence-electron chi connectivity index (χ4n) is 13.0. The first-order chi connectivity index (χ1) is 47.6. The maximum absolute atomic E-state index is 14.7. The predicted molar refractivity (Wildman–Crippen MR) is 367 cm³/mol. The maximum Gasteiger partial charge on any atom is 0.329 e. The van der Waals surface area contributed by atoms with Crippen LogP contribution in [0, 0.1) is 35.5 Å². The average molecular weight is 1400 g/mol. The molecule has 99 heavy (non-hydrogen) atoms. The Labute approximate surface area is 587 Å². The van der Waals surface area contributed by atoms with E-state index in [1.807, 2.05) is 71.2 Å². The summed E-state index contributed by atoms with van der Waals surface area (Å²) >= 11 is 0. The SMILES string of the molecule is CCNC(=O)CCOCCOCCOCCOCCOCCOCCn1cc(COCCO[C@@H]2CC[C@@H](C[C@@H](C)[C@@H]3CC(=O)[C@H](C)/C=C(\C)[C@@H](O)[C@@H](OC)C(=O)[C@H](C)C[C@H](C)/C=C/C=C/C=C(\C)[C@@H](OC)C[C@@H]4CC[C@@H](C)[C@@](O)(O4)C(=O)C(=O)N4CCCC[C@H]4C(=O)O3)C[C@H]2OC)nn1. The Balaban J connectivity index is 1.11. The van der Waals surface area contributed by atoms with E-state index in [2.05, 4.69) is 15.6 Å². The fourth-order valence-corrected chi connectivity index (χ4v) is 13.0. The first kappa shape index (κ1) is 84.6. The number of esters is 1. The number of aliphatic hydroxyl groups is 2. The van der Waals surface area contributed by atoms with Gasteiger partial charge >= 0.3 is 5.97 Å². The summed E-state index contributed by atoms with van der Waals surface area (Å²) in [6.45, 7) is 21.8.